The molecule has 0 aliphatic heterocycles. The maximum absolute atomic E-state index is 2.45. The summed E-state index contributed by atoms with van der Waals surface area (Å²) in [4.78, 5) is 2.45. The predicted octanol–water partition coefficient (Wildman–Crippen LogP) is 16.4. The fourth-order valence-corrected chi connectivity index (χ4v) is 9.57. The van der Waals surface area contributed by atoms with Gasteiger partial charge in [0.05, 0.1) is 27.8 Å². The Morgan fingerprint density at radius 3 is 1.14 bits per heavy atom. The van der Waals surface area contributed by atoms with Crippen molar-refractivity contribution in [3.05, 3.63) is 249 Å². The fourth-order valence-electron chi connectivity index (χ4n) is 9.57. The summed E-state index contributed by atoms with van der Waals surface area (Å²) in [6.07, 6.45) is 0. The first-order valence-corrected chi connectivity index (χ1v) is 21.6. The van der Waals surface area contributed by atoms with E-state index in [1.807, 2.05) is 0 Å². The first-order valence-electron chi connectivity index (χ1n) is 21.6. The molecule has 0 unspecified atom stereocenters. The maximum Gasteiger partial charge on any atom is 0.0562 e. The number of para-hydroxylation sites is 4. The van der Waals surface area contributed by atoms with Crippen LogP contribution in [-0.2, 0) is 0 Å². The standard InChI is InChI=1S/C60H41N3/c1-5-17-42(18-6-1)44-29-34-49(35-30-44)61(50-36-31-45(32-37-50)43-19-7-2-8-20-43)59-41-60-55(52-26-14-16-28-57(52)63(60)48-23-11-4-12-24-48)40-53(59)46-33-38-58-54(39-46)51-25-13-15-27-56(51)62(58)47-21-9-3-10-22-47/h1-41H. The Balaban J connectivity index is 1.15. The van der Waals surface area contributed by atoms with Gasteiger partial charge in [-0.1, -0.05) is 164 Å². The van der Waals surface area contributed by atoms with Gasteiger partial charge in [0.25, 0.3) is 0 Å². The van der Waals surface area contributed by atoms with Crippen LogP contribution in [0.15, 0.2) is 249 Å². The molecule has 0 spiro atoms. The molecule has 0 fully saturated rings. The van der Waals surface area contributed by atoms with Crippen molar-refractivity contribution in [2.75, 3.05) is 4.90 Å². The Labute approximate surface area is 366 Å². The summed E-state index contributed by atoms with van der Waals surface area (Å²) in [5, 5.41) is 4.87. The highest BCUT2D eigenvalue weighted by Gasteiger charge is 2.23. The molecule has 2 aromatic heterocycles. The second-order valence-corrected chi connectivity index (χ2v) is 16.2. The van der Waals surface area contributed by atoms with Crippen molar-refractivity contribution in [2.45, 2.75) is 0 Å². The van der Waals surface area contributed by atoms with Crippen molar-refractivity contribution in [1.29, 1.82) is 0 Å². The molecule has 0 saturated carbocycles. The summed E-state index contributed by atoms with van der Waals surface area (Å²) in [7, 11) is 0. The van der Waals surface area contributed by atoms with Crippen LogP contribution in [0.2, 0.25) is 0 Å². The third kappa shape index (κ3) is 6.29. The third-order valence-corrected chi connectivity index (χ3v) is 12.5. The Kier molecular flexibility index (Phi) is 8.83. The van der Waals surface area contributed by atoms with Gasteiger partial charge in [0, 0.05) is 49.9 Å². The monoisotopic (exact) mass is 803 g/mol. The molecule has 10 aromatic carbocycles. The molecule has 0 radical (unpaired) electrons. The van der Waals surface area contributed by atoms with Gasteiger partial charge in [-0.05, 0) is 113 Å². The average molecular weight is 804 g/mol. The molecule has 0 bridgehead atoms. The number of aromatic nitrogens is 2. The van der Waals surface area contributed by atoms with Crippen LogP contribution >= 0.6 is 0 Å². The summed E-state index contributed by atoms with van der Waals surface area (Å²) in [6, 6.07) is 90.3. The van der Waals surface area contributed by atoms with E-state index in [9.17, 15) is 0 Å². The largest absolute Gasteiger partial charge is 0.310 e. The van der Waals surface area contributed by atoms with Gasteiger partial charge in [-0.3, -0.25) is 0 Å². The summed E-state index contributed by atoms with van der Waals surface area (Å²) in [6.45, 7) is 0. The highest BCUT2D eigenvalue weighted by Crippen LogP contribution is 2.47. The zero-order valence-corrected chi connectivity index (χ0v) is 34.5. The SMILES string of the molecule is c1ccc(-c2ccc(N(c3ccc(-c4ccccc4)cc3)c3cc4c(cc3-c3ccc5c(c3)c3ccccc3n5-c3ccccc3)c3ccccc3n4-c3ccccc3)cc2)cc1. The van der Waals surface area contributed by atoms with E-state index in [0.717, 1.165) is 45.1 Å². The van der Waals surface area contributed by atoms with Crippen LogP contribution in [0.5, 0.6) is 0 Å². The first-order chi connectivity index (χ1) is 31.3. The summed E-state index contributed by atoms with van der Waals surface area (Å²) < 4.78 is 4.81. The van der Waals surface area contributed by atoms with Gasteiger partial charge >= 0.3 is 0 Å². The van der Waals surface area contributed by atoms with Gasteiger partial charge in [0.2, 0.25) is 0 Å². The Morgan fingerprint density at radius 1 is 0.254 bits per heavy atom. The second kappa shape index (κ2) is 15.3. The molecule has 0 saturated heterocycles. The van der Waals surface area contributed by atoms with E-state index in [-0.39, 0.29) is 0 Å². The normalized spacial score (nSPS) is 11.5. The van der Waals surface area contributed by atoms with Crippen molar-refractivity contribution < 1.29 is 0 Å². The number of hydrogen-bond donors (Lipinski definition) is 0. The van der Waals surface area contributed by atoms with Gasteiger partial charge in [0.1, 0.15) is 0 Å². The van der Waals surface area contributed by atoms with E-state index < -0.39 is 0 Å². The molecular formula is C60H41N3. The smallest absolute Gasteiger partial charge is 0.0562 e. The molecule has 12 rings (SSSR count). The summed E-state index contributed by atoms with van der Waals surface area (Å²) in [5.74, 6) is 0. The average Bonchev–Trinajstić information content (AvgIpc) is 3.87. The predicted molar refractivity (Wildman–Crippen MR) is 266 cm³/mol. The molecule has 3 nitrogen and oxygen atoms in total. The molecular weight excluding hydrogens is 763 g/mol. The van der Waals surface area contributed by atoms with Crippen molar-refractivity contribution in [3.63, 3.8) is 0 Å². The van der Waals surface area contributed by atoms with Gasteiger partial charge in [0.15, 0.2) is 0 Å². The Morgan fingerprint density at radius 2 is 0.635 bits per heavy atom. The molecule has 0 N–H and O–H groups in total. The van der Waals surface area contributed by atoms with Crippen molar-refractivity contribution in [1.82, 2.24) is 9.13 Å². The van der Waals surface area contributed by atoms with Gasteiger partial charge in [-0.2, -0.15) is 0 Å². The molecule has 3 heteroatoms. The molecule has 0 atom stereocenters. The minimum Gasteiger partial charge on any atom is -0.310 e. The van der Waals surface area contributed by atoms with Crippen LogP contribution in [0.1, 0.15) is 0 Å². The minimum atomic E-state index is 1.08. The maximum atomic E-state index is 2.45. The van der Waals surface area contributed by atoms with E-state index in [2.05, 4.69) is 263 Å². The van der Waals surface area contributed by atoms with Gasteiger partial charge in [-0.15, -0.1) is 0 Å². The molecule has 12 aromatic rings. The molecule has 0 amide bonds. The lowest BCUT2D eigenvalue weighted by Gasteiger charge is -2.29. The molecule has 296 valence electrons. The number of fused-ring (bicyclic) bond motifs is 6. The van der Waals surface area contributed by atoms with E-state index in [0.29, 0.717) is 0 Å². The van der Waals surface area contributed by atoms with Crippen LogP contribution in [-0.4, -0.2) is 9.13 Å². The number of hydrogen-bond acceptors (Lipinski definition) is 1. The van der Waals surface area contributed by atoms with E-state index >= 15 is 0 Å². The third-order valence-electron chi connectivity index (χ3n) is 12.5. The second-order valence-electron chi connectivity index (χ2n) is 16.2. The lowest BCUT2D eigenvalue weighted by Crippen LogP contribution is -2.11. The zero-order valence-electron chi connectivity index (χ0n) is 34.5. The fraction of sp³-hybridized carbons (Fsp3) is 0. The van der Waals surface area contributed by atoms with Crippen LogP contribution in [0.25, 0.3) is 88.4 Å². The van der Waals surface area contributed by atoms with Crippen LogP contribution in [0.3, 0.4) is 0 Å². The Bertz CT molecular complexity index is 3490. The molecule has 0 aliphatic rings. The van der Waals surface area contributed by atoms with Crippen LogP contribution in [0.4, 0.5) is 17.1 Å². The molecule has 2 heterocycles. The first kappa shape index (κ1) is 36.5. The lowest BCUT2D eigenvalue weighted by molar-refractivity contribution is 1.18. The zero-order chi connectivity index (χ0) is 41.7. The highest BCUT2D eigenvalue weighted by atomic mass is 15.1. The van der Waals surface area contributed by atoms with E-state index in [1.165, 1.54) is 60.3 Å². The highest BCUT2D eigenvalue weighted by molar-refractivity contribution is 6.15. The van der Waals surface area contributed by atoms with Crippen molar-refractivity contribution >= 4 is 60.7 Å². The number of rotatable bonds is 8. The van der Waals surface area contributed by atoms with Crippen molar-refractivity contribution in [2.24, 2.45) is 0 Å². The Hall–Kier alpha value is -8.40. The minimum absolute atomic E-state index is 1.08. The quantitative estimate of drug-likeness (QED) is 0.149. The van der Waals surface area contributed by atoms with E-state index in [4.69, 9.17) is 0 Å². The summed E-state index contributed by atoms with van der Waals surface area (Å²) in [5.41, 5.74) is 17.3. The van der Waals surface area contributed by atoms with Gasteiger partial charge in [-0.25, -0.2) is 0 Å². The van der Waals surface area contributed by atoms with Crippen LogP contribution < -0.4 is 4.90 Å². The number of anilines is 3. The van der Waals surface area contributed by atoms with Gasteiger partial charge < -0.3 is 14.0 Å². The van der Waals surface area contributed by atoms with Crippen molar-refractivity contribution in [3.8, 4) is 44.8 Å². The van der Waals surface area contributed by atoms with Crippen LogP contribution in [0, 0.1) is 0 Å². The molecule has 63 heavy (non-hydrogen) atoms. The summed E-state index contributed by atoms with van der Waals surface area (Å²) >= 11 is 0. The lowest BCUT2D eigenvalue weighted by atomic mass is 9.96. The number of nitrogens with zero attached hydrogens (tertiary/aromatic N) is 3. The van der Waals surface area contributed by atoms with E-state index in [1.54, 1.807) is 0 Å². The number of benzene rings is 10. The molecule has 0 aliphatic carbocycles. The topological polar surface area (TPSA) is 13.1 Å².